The predicted octanol–water partition coefficient (Wildman–Crippen LogP) is 2.94. The van der Waals surface area contributed by atoms with Crippen molar-refractivity contribution in [3.8, 4) is 0 Å². The molecule has 0 atom stereocenters. The Hall–Kier alpha value is -1.29. The summed E-state index contributed by atoms with van der Waals surface area (Å²) in [7, 11) is 0. The molecule has 0 radical (unpaired) electrons. The molecular formula is C16H26N2O2. The van der Waals surface area contributed by atoms with Crippen LogP contribution in [0.1, 0.15) is 60.0 Å². The Morgan fingerprint density at radius 3 is 2.25 bits per heavy atom. The van der Waals surface area contributed by atoms with Crippen molar-refractivity contribution in [2.45, 2.75) is 65.5 Å². The van der Waals surface area contributed by atoms with Crippen molar-refractivity contribution >= 4 is 5.91 Å². The van der Waals surface area contributed by atoms with Crippen LogP contribution in [0, 0.1) is 20.8 Å². The molecule has 1 heterocycles. The lowest BCUT2D eigenvalue weighted by atomic mass is 9.90. The first-order valence-corrected chi connectivity index (χ1v) is 7.58. The zero-order valence-corrected chi connectivity index (χ0v) is 13.0. The number of rotatable bonds is 3. The number of amides is 1. The third-order valence-corrected chi connectivity index (χ3v) is 4.56. The molecule has 0 spiro atoms. The summed E-state index contributed by atoms with van der Waals surface area (Å²) in [6, 6.07) is 0.626. The van der Waals surface area contributed by atoms with Crippen LogP contribution >= 0.6 is 0 Å². The topological polar surface area (TPSA) is 59.5 Å². The van der Waals surface area contributed by atoms with Gasteiger partial charge in [-0.05, 0) is 53.4 Å². The minimum Gasteiger partial charge on any atom is -0.466 e. The first-order chi connectivity index (χ1) is 9.45. The van der Waals surface area contributed by atoms with Gasteiger partial charge in [0.1, 0.15) is 11.5 Å². The highest BCUT2D eigenvalue weighted by molar-refractivity contribution is 5.97. The van der Waals surface area contributed by atoms with Crippen LogP contribution in [-0.4, -0.2) is 29.4 Å². The molecular weight excluding hydrogens is 252 g/mol. The second-order valence-corrected chi connectivity index (χ2v) is 5.87. The van der Waals surface area contributed by atoms with Crippen molar-refractivity contribution in [2.24, 2.45) is 5.73 Å². The molecule has 2 N–H and O–H groups in total. The molecule has 1 aliphatic rings. The molecule has 2 rings (SSSR count). The molecule has 20 heavy (non-hydrogen) atoms. The van der Waals surface area contributed by atoms with Gasteiger partial charge in [0, 0.05) is 24.2 Å². The summed E-state index contributed by atoms with van der Waals surface area (Å²) in [5.74, 6) is 1.68. The van der Waals surface area contributed by atoms with Crippen LogP contribution < -0.4 is 5.73 Å². The second-order valence-electron chi connectivity index (χ2n) is 5.87. The molecule has 4 nitrogen and oxygen atoms in total. The lowest BCUT2D eigenvalue weighted by Gasteiger charge is -2.35. The number of nitrogens with zero attached hydrogens (tertiary/aromatic N) is 1. The average Bonchev–Trinajstić information content (AvgIpc) is 2.66. The Labute approximate surface area is 121 Å². The molecule has 0 bridgehead atoms. The van der Waals surface area contributed by atoms with E-state index in [1.165, 1.54) is 0 Å². The van der Waals surface area contributed by atoms with Crippen LogP contribution in [0.25, 0.3) is 0 Å². The molecule has 1 amide bonds. The van der Waals surface area contributed by atoms with Gasteiger partial charge < -0.3 is 15.1 Å². The molecule has 0 unspecified atom stereocenters. The quantitative estimate of drug-likeness (QED) is 0.924. The Kier molecular flexibility index (Phi) is 4.53. The van der Waals surface area contributed by atoms with E-state index in [0.29, 0.717) is 12.1 Å². The van der Waals surface area contributed by atoms with Crippen molar-refractivity contribution in [1.82, 2.24) is 4.90 Å². The van der Waals surface area contributed by atoms with Gasteiger partial charge in [0.25, 0.3) is 5.91 Å². The van der Waals surface area contributed by atoms with E-state index >= 15 is 0 Å². The van der Waals surface area contributed by atoms with Crippen LogP contribution in [0.2, 0.25) is 0 Å². The fourth-order valence-corrected chi connectivity index (χ4v) is 3.23. The van der Waals surface area contributed by atoms with E-state index < -0.39 is 0 Å². The summed E-state index contributed by atoms with van der Waals surface area (Å²) in [5.41, 5.74) is 7.68. The van der Waals surface area contributed by atoms with Gasteiger partial charge in [-0.15, -0.1) is 0 Å². The Morgan fingerprint density at radius 1 is 1.20 bits per heavy atom. The zero-order chi connectivity index (χ0) is 14.9. The highest BCUT2D eigenvalue weighted by Gasteiger charge is 2.30. The summed E-state index contributed by atoms with van der Waals surface area (Å²) in [5, 5.41) is 0. The average molecular weight is 278 g/mol. The molecule has 1 aliphatic carbocycles. The van der Waals surface area contributed by atoms with Gasteiger partial charge in [-0.2, -0.15) is 0 Å². The Balaban J connectivity index is 2.21. The first-order valence-electron chi connectivity index (χ1n) is 7.58. The van der Waals surface area contributed by atoms with Crippen LogP contribution in [0.4, 0.5) is 0 Å². The maximum atomic E-state index is 12.8. The van der Waals surface area contributed by atoms with E-state index in [-0.39, 0.29) is 5.91 Å². The van der Waals surface area contributed by atoms with Crippen molar-refractivity contribution < 1.29 is 9.21 Å². The van der Waals surface area contributed by atoms with Gasteiger partial charge in [0.15, 0.2) is 0 Å². The van der Waals surface area contributed by atoms with E-state index in [1.54, 1.807) is 0 Å². The highest BCUT2D eigenvalue weighted by atomic mass is 16.3. The smallest absolute Gasteiger partial charge is 0.257 e. The van der Waals surface area contributed by atoms with Crippen molar-refractivity contribution in [2.75, 3.05) is 6.54 Å². The largest absolute Gasteiger partial charge is 0.466 e. The molecule has 4 heteroatoms. The van der Waals surface area contributed by atoms with Crippen LogP contribution in [-0.2, 0) is 0 Å². The number of hydrogen-bond acceptors (Lipinski definition) is 3. The second kappa shape index (κ2) is 6.00. The molecule has 1 saturated carbocycles. The summed E-state index contributed by atoms with van der Waals surface area (Å²) < 4.78 is 5.60. The zero-order valence-electron chi connectivity index (χ0n) is 13.0. The van der Waals surface area contributed by atoms with E-state index in [0.717, 1.165) is 54.9 Å². The van der Waals surface area contributed by atoms with Crippen LogP contribution in [0.5, 0.6) is 0 Å². The molecule has 0 aromatic carbocycles. The SMILES string of the molecule is CCN(C(=O)c1c(C)oc(C)c1C)C1CCC(N)CC1. The maximum Gasteiger partial charge on any atom is 0.257 e. The minimum atomic E-state index is 0.111. The van der Waals surface area contributed by atoms with E-state index in [4.69, 9.17) is 10.2 Å². The number of hydrogen-bond donors (Lipinski definition) is 1. The first kappa shape index (κ1) is 15.1. The molecule has 0 aliphatic heterocycles. The molecule has 1 fully saturated rings. The van der Waals surface area contributed by atoms with Crippen molar-refractivity contribution in [3.63, 3.8) is 0 Å². The van der Waals surface area contributed by atoms with E-state index in [1.807, 2.05) is 32.6 Å². The Bertz CT molecular complexity index is 485. The summed E-state index contributed by atoms with van der Waals surface area (Å²) in [6.45, 7) is 8.53. The van der Waals surface area contributed by atoms with Crippen LogP contribution in [0.3, 0.4) is 0 Å². The third-order valence-electron chi connectivity index (χ3n) is 4.56. The van der Waals surface area contributed by atoms with E-state index in [2.05, 4.69) is 0 Å². The molecule has 0 saturated heterocycles. The normalized spacial score (nSPS) is 22.9. The number of furan rings is 1. The van der Waals surface area contributed by atoms with Gasteiger partial charge in [0.05, 0.1) is 5.56 Å². The van der Waals surface area contributed by atoms with Crippen molar-refractivity contribution in [3.05, 3.63) is 22.6 Å². The van der Waals surface area contributed by atoms with Crippen molar-refractivity contribution in [1.29, 1.82) is 0 Å². The maximum absolute atomic E-state index is 12.8. The van der Waals surface area contributed by atoms with Gasteiger partial charge >= 0.3 is 0 Å². The summed E-state index contributed by atoms with van der Waals surface area (Å²) in [6.07, 6.45) is 4.04. The third kappa shape index (κ3) is 2.75. The molecule has 1 aromatic heterocycles. The number of nitrogens with two attached hydrogens (primary N) is 1. The molecule has 112 valence electrons. The minimum absolute atomic E-state index is 0.111. The standard InChI is InChI=1S/C16H26N2O2/c1-5-18(14-8-6-13(17)7-9-14)16(19)15-10(2)11(3)20-12(15)4/h13-14H,5-9,17H2,1-4H3. The fraction of sp³-hybridized carbons (Fsp3) is 0.688. The summed E-state index contributed by atoms with van der Waals surface area (Å²) in [4.78, 5) is 14.8. The molecule has 1 aromatic rings. The number of carbonyl (C=O) groups excluding carboxylic acids is 1. The number of aryl methyl sites for hydroxylation is 2. The predicted molar refractivity (Wildman–Crippen MR) is 79.9 cm³/mol. The van der Waals surface area contributed by atoms with Gasteiger partial charge in [-0.25, -0.2) is 0 Å². The lowest BCUT2D eigenvalue weighted by molar-refractivity contribution is 0.0638. The number of carbonyl (C=O) groups is 1. The van der Waals surface area contributed by atoms with E-state index in [9.17, 15) is 4.79 Å². The van der Waals surface area contributed by atoms with Crippen LogP contribution in [0.15, 0.2) is 4.42 Å². The van der Waals surface area contributed by atoms with Gasteiger partial charge in [0.2, 0.25) is 0 Å². The Morgan fingerprint density at radius 2 is 1.80 bits per heavy atom. The highest BCUT2D eigenvalue weighted by Crippen LogP contribution is 2.27. The fourth-order valence-electron chi connectivity index (χ4n) is 3.23. The summed E-state index contributed by atoms with van der Waals surface area (Å²) >= 11 is 0. The monoisotopic (exact) mass is 278 g/mol. The van der Waals surface area contributed by atoms with Gasteiger partial charge in [-0.1, -0.05) is 0 Å². The van der Waals surface area contributed by atoms with Gasteiger partial charge in [-0.3, -0.25) is 4.79 Å². The lowest BCUT2D eigenvalue weighted by Crippen LogP contribution is -2.44.